The Hall–Kier alpha value is -4.84. The van der Waals surface area contributed by atoms with Crippen molar-refractivity contribution in [3.63, 3.8) is 0 Å². The molecule has 6 rings (SSSR count). The van der Waals surface area contributed by atoms with Crippen LogP contribution in [0.25, 0.3) is 0 Å². The number of anilines is 2. The van der Waals surface area contributed by atoms with E-state index in [-0.39, 0.29) is 47.3 Å². The summed E-state index contributed by atoms with van der Waals surface area (Å²) in [6.07, 6.45) is 3.06. The molecule has 0 aliphatic carbocycles. The average molecular weight is 809 g/mol. The van der Waals surface area contributed by atoms with Gasteiger partial charge in [-0.1, -0.05) is 36.1 Å². The predicted octanol–water partition coefficient (Wildman–Crippen LogP) is 1.26. The molecule has 0 aromatic heterocycles. The normalized spacial score (nSPS) is 19.7. The van der Waals surface area contributed by atoms with E-state index >= 15 is 0 Å². The van der Waals surface area contributed by atoms with Crippen molar-refractivity contribution in [2.45, 2.75) is 48.7 Å². The van der Waals surface area contributed by atoms with Gasteiger partial charge in [0.1, 0.15) is 24.6 Å². The standard InChI is InChI=1S/C18H20N2O6S2.C15H16N2O6S2/c21-17-12-14(9-10-16(17)20-13-18(22)19-28(20,25)26)6-4-5-11-27(23,24)15-7-2-1-3-8-15;18-14-9-11(3-1-4-12-5-2-8-24(12,20)21)6-7-13(14)17-10-15(19)16-25(17,22)23/h1-3,7-10,12,21H,4-6,11,13H2,(H,19,22);6-7,9,12,18H,2,4-5,8,10H2,(H,16,19). The van der Waals surface area contributed by atoms with Crippen molar-refractivity contribution in [3.8, 4) is 23.3 Å². The third-order valence-corrected chi connectivity index (χ3v) is 15.3. The highest BCUT2D eigenvalue weighted by Gasteiger charge is 2.36. The van der Waals surface area contributed by atoms with Crippen molar-refractivity contribution in [2.24, 2.45) is 0 Å². The zero-order valence-electron chi connectivity index (χ0n) is 28.0. The number of carbonyl (C=O) groups is 2. The highest BCUT2D eigenvalue weighted by molar-refractivity contribution is 7.92. The minimum Gasteiger partial charge on any atom is -0.506 e. The maximum atomic E-state index is 12.2. The molecule has 3 aliphatic rings. The first kappa shape index (κ1) is 39.4. The van der Waals surface area contributed by atoms with Gasteiger partial charge in [0, 0.05) is 12.0 Å². The number of phenolic OH excluding ortho intramolecular Hbond substituents is 2. The summed E-state index contributed by atoms with van der Waals surface area (Å²) in [5.74, 6) is 3.87. The molecule has 3 saturated heterocycles. The van der Waals surface area contributed by atoms with Gasteiger partial charge >= 0.3 is 20.4 Å². The van der Waals surface area contributed by atoms with E-state index in [1.807, 2.05) is 9.44 Å². The zero-order chi connectivity index (χ0) is 38.6. The molecule has 16 nitrogen and oxygen atoms in total. The lowest BCUT2D eigenvalue weighted by Gasteiger charge is -2.16. The quantitative estimate of drug-likeness (QED) is 0.177. The van der Waals surface area contributed by atoms with Gasteiger partial charge in [0.05, 0.1) is 33.0 Å². The predicted molar refractivity (Wildman–Crippen MR) is 195 cm³/mol. The number of amides is 2. The number of sulfone groups is 2. The molecule has 1 atom stereocenters. The average Bonchev–Trinajstić information content (AvgIpc) is 3.67. The van der Waals surface area contributed by atoms with Gasteiger partial charge in [-0.2, -0.15) is 16.8 Å². The summed E-state index contributed by atoms with van der Waals surface area (Å²) in [6, 6.07) is 16.9. The Balaban J connectivity index is 0.000000206. The van der Waals surface area contributed by atoms with Crippen molar-refractivity contribution in [1.29, 1.82) is 0 Å². The minimum absolute atomic E-state index is 0.0220. The van der Waals surface area contributed by atoms with Crippen LogP contribution in [-0.4, -0.2) is 85.5 Å². The smallest absolute Gasteiger partial charge is 0.326 e. The second-order valence-electron chi connectivity index (χ2n) is 12.3. The van der Waals surface area contributed by atoms with E-state index in [1.54, 1.807) is 36.4 Å². The van der Waals surface area contributed by atoms with E-state index in [4.69, 9.17) is 0 Å². The molecule has 1 unspecified atom stereocenters. The Morgan fingerprint density at radius 3 is 1.87 bits per heavy atom. The number of hydrogen-bond acceptors (Lipinski definition) is 12. The number of hydrogen-bond donors (Lipinski definition) is 4. The number of unbranched alkanes of at least 4 members (excludes halogenated alkanes) is 1. The highest BCUT2D eigenvalue weighted by Crippen LogP contribution is 2.33. The molecule has 3 aromatic carbocycles. The largest absolute Gasteiger partial charge is 0.506 e. The van der Waals surface area contributed by atoms with E-state index in [0.29, 0.717) is 42.6 Å². The van der Waals surface area contributed by atoms with Gasteiger partial charge in [-0.15, -0.1) is 0 Å². The van der Waals surface area contributed by atoms with Gasteiger partial charge < -0.3 is 10.2 Å². The molecular formula is C33H36N4O12S4. The summed E-state index contributed by atoms with van der Waals surface area (Å²) < 4.78 is 100. The molecule has 53 heavy (non-hydrogen) atoms. The fraction of sp³-hybridized carbons (Fsp3) is 0.333. The van der Waals surface area contributed by atoms with Gasteiger partial charge in [-0.3, -0.25) is 9.59 Å². The molecule has 0 spiro atoms. The molecule has 3 aliphatic heterocycles. The van der Waals surface area contributed by atoms with E-state index in [2.05, 4.69) is 11.8 Å². The summed E-state index contributed by atoms with van der Waals surface area (Å²) in [7, 11) is -14.3. The Labute approximate surface area is 308 Å². The van der Waals surface area contributed by atoms with Crippen LogP contribution in [0.5, 0.6) is 11.5 Å². The first-order chi connectivity index (χ1) is 24.9. The molecule has 0 saturated carbocycles. The molecule has 0 radical (unpaired) electrons. The van der Waals surface area contributed by atoms with Gasteiger partial charge in [0.2, 0.25) is 0 Å². The van der Waals surface area contributed by atoms with E-state index in [1.165, 1.54) is 30.3 Å². The molecule has 2 amide bonds. The van der Waals surface area contributed by atoms with Crippen LogP contribution in [-0.2, 0) is 56.1 Å². The maximum absolute atomic E-state index is 12.2. The molecule has 3 fully saturated rings. The number of aromatic hydroxyl groups is 2. The SMILES string of the molecule is O=C1CN(c2ccc(C#CCC3CCCS3(=O)=O)cc2O)S(=O)(=O)N1.O=C1CN(c2ccc(CCCCS(=O)(=O)c3ccccc3)cc2O)S(=O)(=O)N1. The van der Waals surface area contributed by atoms with Crippen LogP contribution in [0.15, 0.2) is 71.6 Å². The topological polar surface area (TPSA) is 242 Å². The molecular weight excluding hydrogens is 773 g/mol. The summed E-state index contributed by atoms with van der Waals surface area (Å²) in [5.41, 5.74) is 1.16. The number of rotatable bonds is 9. The van der Waals surface area contributed by atoms with Crippen LogP contribution in [0.3, 0.4) is 0 Å². The third-order valence-electron chi connectivity index (χ3n) is 8.45. The van der Waals surface area contributed by atoms with Crippen LogP contribution in [0.4, 0.5) is 11.4 Å². The summed E-state index contributed by atoms with van der Waals surface area (Å²) >= 11 is 0. The Bertz CT molecular complexity index is 2410. The number of benzene rings is 3. The molecule has 0 bridgehead atoms. The first-order valence-corrected chi connectivity index (χ1v) is 22.4. The summed E-state index contributed by atoms with van der Waals surface area (Å²) in [5, 5.41) is 19.8. The molecule has 3 heterocycles. The van der Waals surface area contributed by atoms with Gasteiger partial charge in [-0.05, 0) is 80.1 Å². The molecule has 20 heteroatoms. The Kier molecular flexibility index (Phi) is 11.6. The lowest BCUT2D eigenvalue weighted by molar-refractivity contribution is -0.118. The van der Waals surface area contributed by atoms with Crippen molar-refractivity contribution < 1.29 is 53.5 Å². The van der Waals surface area contributed by atoms with Crippen LogP contribution >= 0.6 is 0 Å². The van der Waals surface area contributed by atoms with E-state index in [0.717, 1.165) is 14.2 Å². The van der Waals surface area contributed by atoms with E-state index < -0.39 is 63.7 Å². The van der Waals surface area contributed by atoms with Crippen LogP contribution in [0.1, 0.15) is 43.2 Å². The summed E-state index contributed by atoms with van der Waals surface area (Å²) in [4.78, 5) is 22.9. The van der Waals surface area contributed by atoms with Crippen LogP contribution < -0.4 is 18.1 Å². The minimum atomic E-state index is -3.99. The monoisotopic (exact) mass is 808 g/mol. The highest BCUT2D eigenvalue weighted by atomic mass is 32.2. The van der Waals surface area contributed by atoms with Gasteiger partial charge in [0.25, 0.3) is 11.8 Å². The molecule has 4 N–H and O–H groups in total. The fourth-order valence-electron chi connectivity index (χ4n) is 5.79. The number of aryl methyl sites for hydroxylation is 1. The second kappa shape index (κ2) is 15.6. The second-order valence-corrected chi connectivity index (χ2v) is 20.0. The maximum Gasteiger partial charge on any atom is 0.326 e. The zero-order valence-corrected chi connectivity index (χ0v) is 31.3. The molecule has 3 aromatic rings. The number of phenols is 2. The van der Waals surface area contributed by atoms with Crippen LogP contribution in [0.2, 0.25) is 0 Å². The lowest BCUT2D eigenvalue weighted by atomic mass is 10.1. The van der Waals surface area contributed by atoms with Crippen molar-refractivity contribution in [2.75, 3.05) is 33.2 Å². The lowest BCUT2D eigenvalue weighted by Crippen LogP contribution is -2.29. The van der Waals surface area contributed by atoms with Crippen molar-refractivity contribution >= 4 is 63.3 Å². The van der Waals surface area contributed by atoms with Crippen molar-refractivity contribution in [3.05, 3.63) is 77.9 Å². The van der Waals surface area contributed by atoms with E-state index in [9.17, 15) is 53.5 Å². The van der Waals surface area contributed by atoms with Crippen LogP contribution in [0, 0.1) is 11.8 Å². The summed E-state index contributed by atoms with van der Waals surface area (Å²) in [6.45, 7) is -0.785. The van der Waals surface area contributed by atoms with Gasteiger partial charge in [-0.25, -0.2) is 34.9 Å². The molecule has 284 valence electrons. The third kappa shape index (κ3) is 9.59. The number of nitrogens with one attached hydrogen (secondary N) is 2. The Morgan fingerprint density at radius 1 is 0.774 bits per heavy atom. The fourth-order valence-corrected chi connectivity index (χ4v) is 11.3. The van der Waals surface area contributed by atoms with Gasteiger partial charge in [0.15, 0.2) is 19.7 Å². The van der Waals surface area contributed by atoms with Crippen molar-refractivity contribution in [1.82, 2.24) is 9.44 Å². The number of carbonyl (C=O) groups excluding carboxylic acids is 2. The number of nitrogens with zero attached hydrogens (tertiary/aromatic N) is 2. The first-order valence-electron chi connectivity index (χ1n) is 16.2. The Morgan fingerprint density at radius 2 is 1.36 bits per heavy atom.